The van der Waals surface area contributed by atoms with Gasteiger partial charge in [-0.1, -0.05) is 23.7 Å². The highest BCUT2D eigenvalue weighted by Crippen LogP contribution is 2.19. The fourth-order valence-corrected chi connectivity index (χ4v) is 3.11. The van der Waals surface area contributed by atoms with Gasteiger partial charge in [0, 0.05) is 46.1 Å². The SMILES string of the molecule is Cc1cc(NC(=O)C(=O)c2cc(C)n(Cc3ccc(Cl)cc3)c2C)ccn1. The summed E-state index contributed by atoms with van der Waals surface area (Å²) in [6.07, 6.45) is 1.59. The number of pyridine rings is 1. The van der Waals surface area contributed by atoms with Gasteiger partial charge in [-0.25, -0.2) is 0 Å². The molecule has 2 aromatic heterocycles. The van der Waals surface area contributed by atoms with Crippen LogP contribution < -0.4 is 5.32 Å². The number of carbonyl (C=O) groups is 2. The minimum absolute atomic E-state index is 0.407. The van der Waals surface area contributed by atoms with Crippen molar-refractivity contribution in [2.45, 2.75) is 27.3 Å². The highest BCUT2D eigenvalue weighted by atomic mass is 35.5. The van der Waals surface area contributed by atoms with Crippen molar-refractivity contribution in [3.05, 3.63) is 81.9 Å². The molecule has 3 aromatic rings. The number of carbonyl (C=O) groups excluding carboxylic acids is 2. The van der Waals surface area contributed by atoms with E-state index in [0.717, 1.165) is 22.6 Å². The maximum atomic E-state index is 12.7. The summed E-state index contributed by atoms with van der Waals surface area (Å²) in [4.78, 5) is 29.1. The zero-order valence-electron chi connectivity index (χ0n) is 15.4. The first-order valence-electron chi connectivity index (χ1n) is 8.54. The molecule has 0 aliphatic rings. The number of nitrogens with one attached hydrogen (secondary N) is 1. The van der Waals surface area contributed by atoms with Crippen LogP contribution in [0, 0.1) is 20.8 Å². The Morgan fingerprint density at radius 1 is 1.07 bits per heavy atom. The van der Waals surface area contributed by atoms with Crippen LogP contribution in [0.4, 0.5) is 5.69 Å². The normalized spacial score (nSPS) is 10.7. The Bertz CT molecular complexity index is 1010. The molecular formula is C21H20ClN3O2. The molecule has 1 amide bonds. The Morgan fingerprint density at radius 3 is 2.44 bits per heavy atom. The summed E-state index contributed by atoms with van der Waals surface area (Å²) < 4.78 is 2.01. The number of halogens is 1. The van der Waals surface area contributed by atoms with Crippen LogP contribution in [-0.2, 0) is 11.3 Å². The molecule has 6 heteroatoms. The number of benzene rings is 1. The lowest BCUT2D eigenvalue weighted by Gasteiger charge is -2.10. The van der Waals surface area contributed by atoms with E-state index < -0.39 is 11.7 Å². The van der Waals surface area contributed by atoms with Crippen LogP contribution in [0.1, 0.15) is 33.0 Å². The van der Waals surface area contributed by atoms with Crippen molar-refractivity contribution in [3.8, 4) is 0 Å². The lowest BCUT2D eigenvalue weighted by molar-refractivity contribution is -0.112. The largest absolute Gasteiger partial charge is 0.344 e. The van der Waals surface area contributed by atoms with E-state index >= 15 is 0 Å². The van der Waals surface area contributed by atoms with Gasteiger partial charge in [0.1, 0.15) is 0 Å². The summed E-state index contributed by atoms with van der Waals surface area (Å²) in [6.45, 7) is 6.19. The fraction of sp³-hybridized carbons (Fsp3) is 0.190. The number of ketones is 1. The van der Waals surface area contributed by atoms with E-state index in [9.17, 15) is 9.59 Å². The third kappa shape index (κ3) is 4.26. The van der Waals surface area contributed by atoms with E-state index in [-0.39, 0.29) is 0 Å². The highest BCUT2D eigenvalue weighted by Gasteiger charge is 2.22. The van der Waals surface area contributed by atoms with Crippen LogP contribution in [0.25, 0.3) is 0 Å². The lowest BCUT2D eigenvalue weighted by Crippen LogP contribution is -2.23. The number of amides is 1. The van der Waals surface area contributed by atoms with Crippen LogP contribution in [0.5, 0.6) is 0 Å². The van der Waals surface area contributed by atoms with Gasteiger partial charge in [-0.15, -0.1) is 0 Å². The molecule has 0 fully saturated rings. The first kappa shape index (κ1) is 18.9. The van der Waals surface area contributed by atoms with Crippen LogP contribution in [0.2, 0.25) is 5.02 Å². The number of aryl methyl sites for hydroxylation is 2. The molecule has 138 valence electrons. The van der Waals surface area contributed by atoms with Crippen molar-refractivity contribution < 1.29 is 9.59 Å². The molecule has 0 spiro atoms. The van der Waals surface area contributed by atoms with Gasteiger partial charge in [0.15, 0.2) is 0 Å². The Morgan fingerprint density at radius 2 is 1.78 bits per heavy atom. The number of hydrogen-bond acceptors (Lipinski definition) is 3. The molecule has 0 aliphatic heterocycles. The average Bonchev–Trinajstić information content (AvgIpc) is 2.91. The maximum absolute atomic E-state index is 12.7. The van der Waals surface area contributed by atoms with E-state index in [2.05, 4.69) is 10.3 Å². The van der Waals surface area contributed by atoms with Crippen molar-refractivity contribution in [2.75, 3.05) is 5.32 Å². The average molecular weight is 382 g/mol. The molecule has 5 nitrogen and oxygen atoms in total. The van der Waals surface area contributed by atoms with Crippen LogP contribution >= 0.6 is 11.6 Å². The van der Waals surface area contributed by atoms with Crippen molar-refractivity contribution in [1.82, 2.24) is 9.55 Å². The molecule has 0 saturated heterocycles. The number of nitrogens with zero attached hydrogens (tertiary/aromatic N) is 2. The predicted octanol–water partition coefficient (Wildman–Crippen LogP) is 4.33. The van der Waals surface area contributed by atoms with Gasteiger partial charge in [-0.05, 0) is 56.7 Å². The predicted molar refractivity (Wildman–Crippen MR) is 106 cm³/mol. The first-order valence-corrected chi connectivity index (χ1v) is 8.92. The summed E-state index contributed by atoms with van der Waals surface area (Å²) >= 11 is 5.93. The molecule has 0 atom stereocenters. The molecule has 0 radical (unpaired) electrons. The second kappa shape index (κ2) is 7.76. The van der Waals surface area contributed by atoms with Crippen LogP contribution in [0.15, 0.2) is 48.7 Å². The molecule has 27 heavy (non-hydrogen) atoms. The number of Topliss-reactive ketones (excluding diaryl/α,β-unsaturated/α-hetero) is 1. The maximum Gasteiger partial charge on any atom is 0.296 e. The Labute approximate surface area is 163 Å². The second-order valence-electron chi connectivity index (χ2n) is 6.47. The van der Waals surface area contributed by atoms with E-state index in [1.165, 1.54) is 0 Å². The Hall–Kier alpha value is -2.92. The van der Waals surface area contributed by atoms with Gasteiger partial charge < -0.3 is 9.88 Å². The molecule has 1 aromatic carbocycles. The van der Waals surface area contributed by atoms with Gasteiger partial charge in [-0.2, -0.15) is 0 Å². The number of anilines is 1. The molecule has 3 rings (SSSR count). The lowest BCUT2D eigenvalue weighted by atomic mass is 10.1. The summed E-state index contributed by atoms with van der Waals surface area (Å²) in [5.74, 6) is -1.22. The first-order chi connectivity index (χ1) is 12.8. The molecule has 1 N–H and O–H groups in total. The van der Waals surface area contributed by atoms with Crippen molar-refractivity contribution in [2.24, 2.45) is 0 Å². The highest BCUT2D eigenvalue weighted by molar-refractivity contribution is 6.46. The summed E-state index contributed by atoms with van der Waals surface area (Å²) in [5.41, 5.74) is 4.46. The number of aromatic nitrogens is 2. The van der Waals surface area contributed by atoms with Crippen LogP contribution in [-0.4, -0.2) is 21.2 Å². The minimum Gasteiger partial charge on any atom is -0.344 e. The summed E-state index contributed by atoms with van der Waals surface area (Å²) in [5, 5.41) is 3.32. The number of rotatable bonds is 5. The van der Waals surface area contributed by atoms with E-state index in [0.29, 0.717) is 22.8 Å². The molecule has 0 unspecified atom stereocenters. The Balaban J connectivity index is 1.81. The van der Waals surface area contributed by atoms with Gasteiger partial charge in [0.05, 0.1) is 0 Å². The topological polar surface area (TPSA) is 64.0 Å². The quantitative estimate of drug-likeness (QED) is 0.528. The van der Waals surface area contributed by atoms with E-state index in [1.807, 2.05) is 49.6 Å². The molecule has 0 bridgehead atoms. The van der Waals surface area contributed by atoms with Gasteiger partial charge in [-0.3, -0.25) is 14.6 Å². The second-order valence-corrected chi connectivity index (χ2v) is 6.90. The van der Waals surface area contributed by atoms with Crippen LogP contribution in [0.3, 0.4) is 0 Å². The zero-order chi connectivity index (χ0) is 19.6. The molecule has 2 heterocycles. The van der Waals surface area contributed by atoms with Crippen molar-refractivity contribution in [1.29, 1.82) is 0 Å². The monoisotopic (exact) mass is 381 g/mol. The number of hydrogen-bond donors (Lipinski definition) is 1. The van der Waals surface area contributed by atoms with Gasteiger partial charge in [0.2, 0.25) is 0 Å². The fourth-order valence-electron chi connectivity index (χ4n) is 2.98. The minimum atomic E-state index is -0.660. The van der Waals surface area contributed by atoms with Crippen molar-refractivity contribution in [3.63, 3.8) is 0 Å². The molecule has 0 saturated carbocycles. The molecule has 0 aliphatic carbocycles. The van der Waals surface area contributed by atoms with Gasteiger partial charge in [0.25, 0.3) is 11.7 Å². The Kier molecular flexibility index (Phi) is 5.42. The third-order valence-electron chi connectivity index (χ3n) is 4.43. The standard InChI is InChI=1S/C21H20ClN3O2/c1-13-10-18(8-9-23-13)24-21(27)20(26)19-11-14(2)25(15(19)3)12-16-4-6-17(22)7-5-16/h4-11H,12H2,1-3H3,(H,23,24,27). The summed E-state index contributed by atoms with van der Waals surface area (Å²) in [6, 6.07) is 12.7. The summed E-state index contributed by atoms with van der Waals surface area (Å²) in [7, 11) is 0. The van der Waals surface area contributed by atoms with E-state index in [1.54, 1.807) is 24.4 Å². The van der Waals surface area contributed by atoms with Crippen molar-refractivity contribution >= 4 is 29.0 Å². The van der Waals surface area contributed by atoms with E-state index in [4.69, 9.17) is 11.6 Å². The third-order valence-corrected chi connectivity index (χ3v) is 4.68. The zero-order valence-corrected chi connectivity index (χ0v) is 16.2. The smallest absolute Gasteiger partial charge is 0.296 e. The molecular weight excluding hydrogens is 362 g/mol. The van der Waals surface area contributed by atoms with Gasteiger partial charge >= 0.3 is 0 Å².